The molecular weight excluding hydrogens is 1080 g/mol. The zero-order chi connectivity index (χ0) is 45.9. The summed E-state index contributed by atoms with van der Waals surface area (Å²) in [5.74, 6) is 0. The summed E-state index contributed by atoms with van der Waals surface area (Å²) in [6.45, 7) is 10.9. The fourth-order valence-corrected chi connectivity index (χ4v) is 9.85. The quantitative estimate of drug-likeness (QED) is 0.0695. The monoisotopic (exact) mass is 1130 g/mol. The third-order valence-electron chi connectivity index (χ3n) is 8.13. The van der Waals surface area contributed by atoms with Crippen molar-refractivity contribution in [3.8, 4) is 6.07 Å². The maximum atomic E-state index is 9.88. The minimum absolute atomic E-state index is 0. The Morgan fingerprint density at radius 2 is 1.15 bits per heavy atom. The van der Waals surface area contributed by atoms with E-state index in [9.17, 15) is 10.1 Å². The summed E-state index contributed by atoms with van der Waals surface area (Å²) in [5, 5.41) is 33.0. The molecule has 0 fully saturated rings. The molecule has 0 spiro atoms. The zero-order valence-corrected chi connectivity index (χ0v) is 43.4. The number of halogens is 2. The van der Waals surface area contributed by atoms with Crippen LogP contribution in [0, 0.1) is 21.4 Å². The van der Waals surface area contributed by atoms with E-state index in [1.54, 1.807) is 57.9 Å². The number of rotatable bonds is 12. The summed E-state index contributed by atoms with van der Waals surface area (Å²) in [7, 11) is 0. The molecule has 0 atom stereocenters. The van der Waals surface area contributed by atoms with Crippen molar-refractivity contribution in [1.29, 1.82) is 5.26 Å². The molecule has 9 rings (SSSR count). The van der Waals surface area contributed by atoms with Crippen LogP contribution in [0.25, 0.3) is 40.9 Å². The summed E-state index contributed by atoms with van der Waals surface area (Å²) in [6.07, 6.45) is 7.32. The Morgan fingerprint density at radius 3 is 1.63 bits per heavy atom. The molecule has 0 unspecified atom stereocenters. The van der Waals surface area contributed by atoms with Crippen LogP contribution < -0.4 is 5.73 Å². The number of fused-ring (bicyclic) bond motifs is 4. The van der Waals surface area contributed by atoms with Gasteiger partial charge in [0.05, 0.1) is 10.5 Å². The van der Waals surface area contributed by atoms with Crippen LogP contribution in [0.5, 0.6) is 0 Å². The molecule has 0 aliphatic heterocycles. The summed E-state index contributed by atoms with van der Waals surface area (Å²) in [4.78, 5) is 30.4. The van der Waals surface area contributed by atoms with Crippen molar-refractivity contribution in [3.63, 3.8) is 0 Å². The predicted octanol–water partition coefficient (Wildman–Crippen LogP) is 15.0. The van der Waals surface area contributed by atoms with Crippen LogP contribution in [0.2, 0.25) is 0 Å². The number of thiophene rings is 5. The Kier molecular flexibility index (Phi) is 31.7. The SMILES string of the molecule is Br.Brc1csc2ncccc12.C.C.CCOC(CC(OCC)OCC)OCC.N#Cc1csc2ncccc12.NCc1csc2ncccc12.O=[N+]([O-])c1cccs1.c1cnc2sccc2c1. The van der Waals surface area contributed by atoms with Gasteiger partial charge in [0.2, 0.25) is 0 Å². The molecule has 20 heteroatoms. The van der Waals surface area contributed by atoms with Gasteiger partial charge in [-0.25, -0.2) is 19.9 Å². The molecule has 13 nitrogen and oxygen atoms in total. The van der Waals surface area contributed by atoms with Gasteiger partial charge in [-0.3, -0.25) is 10.1 Å². The molecule has 360 valence electrons. The number of nitro groups is 1. The predicted molar refractivity (Wildman–Crippen MR) is 292 cm³/mol. The average molecular weight is 1140 g/mol. The van der Waals surface area contributed by atoms with E-state index < -0.39 is 4.92 Å². The molecular formula is C47H57Br2N7O6S5. The molecule has 0 saturated heterocycles. The van der Waals surface area contributed by atoms with Gasteiger partial charge in [0.1, 0.15) is 25.4 Å². The molecule has 0 aromatic carbocycles. The van der Waals surface area contributed by atoms with Crippen LogP contribution in [0.4, 0.5) is 5.00 Å². The zero-order valence-electron chi connectivity index (χ0n) is 36.0. The van der Waals surface area contributed by atoms with Gasteiger partial charge < -0.3 is 24.7 Å². The maximum absolute atomic E-state index is 9.88. The molecule has 9 aromatic heterocycles. The van der Waals surface area contributed by atoms with Gasteiger partial charge in [-0.2, -0.15) is 5.26 Å². The largest absolute Gasteiger partial charge is 0.353 e. The molecule has 0 saturated carbocycles. The lowest BCUT2D eigenvalue weighted by Gasteiger charge is -2.23. The highest BCUT2D eigenvalue weighted by Crippen LogP contribution is 2.28. The fraction of sp³-hybridized carbons (Fsp3) is 0.298. The third kappa shape index (κ3) is 20.5. The molecule has 0 aliphatic rings. The van der Waals surface area contributed by atoms with Crippen LogP contribution in [0.1, 0.15) is 60.1 Å². The molecule has 9 heterocycles. The van der Waals surface area contributed by atoms with Gasteiger partial charge in [-0.05, 0) is 114 Å². The van der Waals surface area contributed by atoms with Crippen molar-refractivity contribution in [2.24, 2.45) is 5.73 Å². The Balaban J connectivity index is 0.000000402. The lowest BCUT2D eigenvalue weighted by atomic mass is 10.2. The second-order valence-electron chi connectivity index (χ2n) is 12.3. The molecule has 0 bridgehead atoms. The minimum Gasteiger partial charge on any atom is -0.353 e. The maximum Gasteiger partial charge on any atom is 0.324 e. The first-order valence-electron chi connectivity index (χ1n) is 19.9. The first kappa shape index (κ1) is 60.8. The highest BCUT2D eigenvalue weighted by molar-refractivity contribution is 9.10. The van der Waals surface area contributed by atoms with Crippen molar-refractivity contribution < 1.29 is 23.9 Å². The van der Waals surface area contributed by atoms with Crippen LogP contribution in [0.3, 0.4) is 0 Å². The molecule has 0 radical (unpaired) electrons. The fourth-order valence-electron chi connectivity index (χ4n) is 5.31. The van der Waals surface area contributed by atoms with E-state index in [1.807, 2.05) is 75.8 Å². The number of pyridine rings is 4. The van der Waals surface area contributed by atoms with Crippen molar-refractivity contribution in [3.05, 3.63) is 144 Å². The first-order valence-corrected chi connectivity index (χ1v) is 25.1. The molecule has 2 N–H and O–H groups in total. The highest BCUT2D eigenvalue weighted by atomic mass is 79.9. The van der Waals surface area contributed by atoms with Gasteiger partial charge in [-0.1, -0.05) is 38.3 Å². The van der Waals surface area contributed by atoms with Crippen molar-refractivity contribution in [1.82, 2.24) is 19.9 Å². The number of hydrogen-bond donors (Lipinski definition) is 1. The lowest BCUT2D eigenvalue weighted by molar-refractivity contribution is -0.380. The molecule has 0 aliphatic carbocycles. The van der Waals surface area contributed by atoms with Crippen LogP contribution >= 0.6 is 89.6 Å². The number of nitriles is 1. The number of hydrogen-bond acceptors (Lipinski definition) is 17. The number of nitrogens with zero attached hydrogens (tertiary/aromatic N) is 6. The highest BCUT2D eigenvalue weighted by Gasteiger charge is 2.17. The van der Waals surface area contributed by atoms with Crippen LogP contribution in [-0.2, 0) is 25.5 Å². The third-order valence-corrected chi connectivity index (χ3v) is 13.5. The number of nitrogens with two attached hydrogens (primary N) is 1. The lowest BCUT2D eigenvalue weighted by Crippen LogP contribution is -2.28. The van der Waals surface area contributed by atoms with Gasteiger partial charge >= 0.3 is 5.00 Å². The van der Waals surface area contributed by atoms with Crippen molar-refractivity contribution in [2.75, 3.05) is 26.4 Å². The first-order chi connectivity index (χ1) is 31.3. The van der Waals surface area contributed by atoms with Crippen LogP contribution in [-0.4, -0.2) is 63.9 Å². The van der Waals surface area contributed by atoms with Gasteiger partial charge in [0, 0.05) is 107 Å². The Bertz CT molecular complexity index is 2670. The molecule has 67 heavy (non-hydrogen) atoms. The Hall–Kier alpha value is -4.21. The molecule has 9 aromatic rings. The summed E-state index contributed by atoms with van der Waals surface area (Å²) in [6, 6.07) is 23.1. The summed E-state index contributed by atoms with van der Waals surface area (Å²) >= 11 is 11.1. The van der Waals surface area contributed by atoms with Crippen molar-refractivity contribution in [2.45, 2.75) is 68.1 Å². The minimum atomic E-state index is -0.398. The van der Waals surface area contributed by atoms with E-state index in [-0.39, 0.29) is 49.4 Å². The van der Waals surface area contributed by atoms with E-state index in [0.717, 1.165) is 46.1 Å². The van der Waals surface area contributed by atoms with Gasteiger partial charge in [-0.15, -0.1) is 62.3 Å². The van der Waals surface area contributed by atoms with E-state index in [4.69, 9.17) is 29.9 Å². The Labute approximate surface area is 431 Å². The second kappa shape index (κ2) is 35.0. The normalized spacial score (nSPS) is 9.96. The number of aromatic nitrogens is 4. The second-order valence-corrected chi connectivity index (χ2v) is 17.6. The van der Waals surface area contributed by atoms with E-state index in [1.165, 1.54) is 39.1 Å². The van der Waals surface area contributed by atoms with Crippen LogP contribution in [0.15, 0.2) is 123 Å². The average Bonchev–Trinajstić information content (AvgIpc) is 4.19. The van der Waals surface area contributed by atoms with Gasteiger partial charge in [0.25, 0.3) is 0 Å². The van der Waals surface area contributed by atoms with E-state index in [2.05, 4.69) is 82.3 Å². The topological polar surface area (TPSA) is 181 Å². The van der Waals surface area contributed by atoms with E-state index >= 15 is 0 Å². The van der Waals surface area contributed by atoms with E-state index in [0.29, 0.717) is 39.4 Å². The Morgan fingerprint density at radius 1 is 0.657 bits per heavy atom. The number of ether oxygens (including phenoxy) is 4. The van der Waals surface area contributed by atoms with Crippen molar-refractivity contribution >= 4 is 135 Å². The standard InChI is InChI=1S/C11H24O4.C8H8N2S.C8H4N2S.C7H4BrNS.C7H5NS.C4H3NO2S.2CH4.BrH/c1-5-12-10(13-6-2)9-11(14-7-3)15-8-4;2*9-4-6-5-11-8-7(6)2-1-3-10-8;8-6-4-10-7-5(6)2-1-3-9-7;1-2-6-3-5-9-7(6)8-4-1;6-5(7)4-2-1-3-8-4;;;/h10-11H,5-9H2,1-4H3;1-3,5H,4,9H2;1-3,5H;1-4H;1-5H;1-3H;2*1H4;1H. The smallest absolute Gasteiger partial charge is 0.324 e. The van der Waals surface area contributed by atoms with Gasteiger partial charge in [0.15, 0.2) is 12.6 Å². The summed E-state index contributed by atoms with van der Waals surface area (Å²) < 4.78 is 22.8. The molecule has 0 amide bonds. The summed E-state index contributed by atoms with van der Waals surface area (Å²) in [5.41, 5.74) is 7.45.